The minimum absolute atomic E-state index is 0.747. The number of rotatable bonds is 4. The molecule has 0 atom stereocenters. The molecule has 2 nitrogen and oxygen atoms in total. The van der Waals surface area contributed by atoms with Crippen LogP contribution in [-0.2, 0) is 6.42 Å². The van der Waals surface area contributed by atoms with E-state index in [1.165, 1.54) is 16.3 Å². The summed E-state index contributed by atoms with van der Waals surface area (Å²) in [6, 6.07) is 18.7. The van der Waals surface area contributed by atoms with Gasteiger partial charge in [0.05, 0.1) is 7.11 Å². The minimum atomic E-state index is 0.747. The van der Waals surface area contributed by atoms with Gasteiger partial charge in [-0.15, -0.1) is 0 Å². The molecule has 0 aliphatic carbocycles. The topological polar surface area (TPSA) is 12.5 Å². The Kier molecular flexibility index (Phi) is 4.44. The first kappa shape index (κ1) is 15.7. The van der Waals surface area contributed by atoms with Gasteiger partial charge in [0.1, 0.15) is 5.75 Å². The zero-order valence-electron chi connectivity index (χ0n) is 13.6. The highest BCUT2D eigenvalue weighted by atomic mass is 35.5. The largest absolute Gasteiger partial charge is 0.496 e. The van der Waals surface area contributed by atoms with Gasteiger partial charge in [-0.3, -0.25) is 0 Å². The number of halogens is 1. The first-order valence-corrected chi connectivity index (χ1v) is 7.98. The summed E-state index contributed by atoms with van der Waals surface area (Å²) in [4.78, 5) is 2.05. The summed E-state index contributed by atoms with van der Waals surface area (Å²) < 4.78 is 5.58. The van der Waals surface area contributed by atoms with E-state index in [2.05, 4.69) is 42.5 Å². The van der Waals surface area contributed by atoms with Gasteiger partial charge < -0.3 is 9.64 Å². The van der Waals surface area contributed by atoms with Gasteiger partial charge in [0.15, 0.2) is 0 Å². The molecule has 0 aliphatic rings. The van der Waals surface area contributed by atoms with Crippen molar-refractivity contribution in [1.29, 1.82) is 0 Å². The summed E-state index contributed by atoms with van der Waals surface area (Å²) in [6.45, 7) is 0. The number of ether oxygens (including phenoxy) is 1. The molecule has 0 bridgehead atoms. The Labute approximate surface area is 142 Å². The quantitative estimate of drug-likeness (QED) is 0.657. The molecule has 23 heavy (non-hydrogen) atoms. The van der Waals surface area contributed by atoms with E-state index in [0.717, 1.165) is 28.4 Å². The summed E-state index contributed by atoms with van der Waals surface area (Å²) in [5.41, 5.74) is 3.38. The molecule has 3 rings (SSSR count). The molecule has 118 valence electrons. The van der Waals surface area contributed by atoms with Crippen LogP contribution in [0.25, 0.3) is 10.8 Å². The highest BCUT2D eigenvalue weighted by molar-refractivity contribution is 6.31. The van der Waals surface area contributed by atoms with E-state index in [9.17, 15) is 0 Å². The highest BCUT2D eigenvalue weighted by Gasteiger charge is 2.11. The zero-order chi connectivity index (χ0) is 16.4. The first-order chi connectivity index (χ1) is 11.1. The molecular weight excluding hydrogens is 306 g/mol. The van der Waals surface area contributed by atoms with Crippen molar-refractivity contribution in [2.45, 2.75) is 6.42 Å². The third-order valence-electron chi connectivity index (χ3n) is 4.14. The van der Waals surface area contributed by atoms with Gasteiger partial charge in [0.25, 0.3) is 0 Å². The Bertz CT molecular complexity index is 842. The van der Waals surface area contributed by atoms with Crippen LogP contribution in [0.1, 0.15) is 11.1 Å². The van der Waals surface area contributed by atoms with E-state index in [0.29, 0.717) is 0 Å². The molecule has 0 aromatic heterocycles. The van der Waals surface area contributed by atoms with Crippen molar-refractivity contribution in [3.8, 4) is 5.75 Å². The molecule has 3 aromatic rings. The number of nitrogens with zero attached hydrogens (tertiary/aromatic N) is 1. The molecule has 0 amide bonds. The number of anilines is 1. The van der Waals surface area contributed by atoms with E-state index in [4.69, 9.17) is 16.3 Å². The fraction of sp³-hybridized carbons (Fsp3) is 0.200. The Morgan fingerprint density at radius 3 is 2.48 bits per heavy atom. The third-order valence-corrected chi connectivity index (χ3v) is 4.49. The van der Waals surface area contributed by atoms with Crippen molar-refractivity contribution < 1.29 is 4.74 Å². The average molecular weight is 326 g/mol. The van der Waals surface area contributed by atoms with Crippen molar-refractivity contribution in [2.75, 3.05) is 26.1 Å². The van der Waals surface area contributed by atoms with Crippen LogP contribution in [0, 0.1) is 0 Å². The van der Waals surface area contributed by atoms with E-state index < -0.39 is 0 Å². The maximum Gasteiger partial charge on any atom is 0.123 e. The van der Waals surface area contributed by atoms with Crippen molar-refractivity contribution in [3.63, 3.8) is 0 Å². The molecule has 0 radical (unpaired) electrons. The first-order valence-electron chi connectivity index (χ1n) is 7.60. The second kappa shape index (κ2) is 6.51. The van der Waals surface area contributed by atoms with Crippen LogP contribution in [0.3, 0.4) is 0 Å². The molecule has 0 unspecified atom stereocenters. The SMILES string of the molecule is COc1ccc2ccccc2c1Cc1ccc(N(C)C)cc1Cl. The second-order valence-electron chi connectivity index (χ2n) is 5.81. The molecule has 0 saturated carbocycles. The van der Waals surface area contributed by atoms with E-state index in [-0.39, 0.29) is 0 Å². The van der Waals surface area contributed by atoms with Gasteiger partial charge in [-0.2, -0.15) is 0 Å². The number of hydrogen-bond donors (Lipinski definition) is 0. The molecule has 3 heteroatoms. The maximum atomic E-state index is 6.50. The average Bonchev–Trinajstić information content (AvgIpc) is 2.56. The van der Waals surface area contributed by atoms with Crippen LogP contribution in [0.4, 0.5) is 5.69 Å². The van der Waals surface area contributed by atoms with Crippen molar-refractivity contribution in [1.82, 2.24) is 0 Å². The lowest BCUT2D eigenvalue weighted by atomic mass is 9.97. The second-order valence-corrected chi connectivity index (χ2v) is 6.22. The van der Waals surface area contributed by atoms with Gasteiger partial charge in [0.2, 0.25) is 0 Å². The lowest BCUT2D eigenvalue weighted by molar-refractivity contribution is 0.411. The fourth-order valence-electron chi connectivity index (χ4n) is 2.84. The van der Waals surface area contributed by atoms with Gasteiger partial charge >= 0.3 is 0 Å². The highest BCUT2D eigenvalue weighted by Crippen LogP contribution is 2.32. The lowest BCUT2D eigenvalue weighted by Gasteiger charge is -2.16. The molecule has 0 N–H and O–H groups in total. The van der Waals surface area contributed by atoms with Crippen molar-refractivity contribution in [3.05, 3.63) is 70.7 Å². The standard InChI is InChI=1S/C20H20ClNO/c1-22(2)16-10-8-15(19(21)13-16)12-18-17-7-5-4-6-14(17)9-11-20(18)23-3/h4-11,13H,12H2,1-3H3. The van der Waals surface area contributed by atoms with E-state index >= 15 is 0 Å². The zero-order valence-corrected chi connectivity index (χ0v) is 14.4. The summed E-state index contributed by atoms with van der Waals surface area (Å²) in [5, 5.41) is 3.20. The normalized spacial score (nSPS) is 10.8. The van der Waals surface area contributed by atoms with Crippen LogP contribution in [-0.4, -0.2) is 21.2 Å². The predicted octanol–water partition coefficient (Wildman–Crippen LogP) is 5.16. The van der Waals surface area contributed by atoms with Crippen molar-refractivity contribution >= 4 is 28.1 Å². The summed E-state index contributed by atoms with van der Waals surface area (Å²) in [6.07, 6.45) is 0.747. The number of fused-ring (bicyclic) bond motifs is 1. The molecule has 0 spiro atoms. The van der Waals surface area contributed by atoms with Crippen LogP contribution in [0.2, 0.25) is 5.02 Å². The Balaban J connectivity index is 2.07. The van der Waals surface area contributed by atoms with Gasteiger partial charge in [-0.05, 0) is 34.5 Å². The molecule has 3 aromatic carbocycles. The summed E-state index contributed by atoms with van der Waals surface area (Å²) >= 11 is 6.50. The van der Waals surface area contributed by atoms with Crippen molar-refractivity contribution in [2.24, 2.45) is 0 Å². The number of methoxy groups -OCH3 is 1. The van der Waals surface area contributed by atoms with E-state index in [1.54, 1.807) is 7.11 Å². The molecule has 0 aliphatic heterocycles. The fourth-order valence-corrected chi connectivity index (χ4v) is 3.08. The third kappa shape index (κ3) is 3.13. The van der Waals surface area contributed by atoms with Crippen LogP contribution >= 0.6 is 11.6 Å². The maximum absolute atomic E-state index is 6.50. The van der Waals surface area contributed by atoms with E-state index in [1.807, 2.05) is 31.1 Å². The minimum Gasteiger partial charge on any atom is -0.496 e. The molecule has 0 heterocycles. The van der Waals surface area contributed by atoms with Crippen LogP contribution in [0.15, 0.2) is 54.6 Å². The van der Waals surface area contributed by atoms with Crippen LogP contribution in [0.5, 0.6) is 5.75 Å². The molecular formula is C20H20ClNO. The monoisotopic (exact) mass is 325 g/mol. The summed E-state index contributed by atoms with van der Waals surface area (Å²) in [7, 11) is 5.74. The Morgan fingerprint density at radius 1 is 1.00 bits per heavy atom. The molecule has 0 saturated heterocycles. The predicted molar refractivity (Wildman–Crippen MR) is 99.1 cm³/mol. The Hall–Kier alpha value is -2.19. The lowest BCUT2D eigenvalue weighted by Crippen LogP contribution is -2.08. The Morgan fingerprint density at radius 2 is 1.78 bits per heavy atom. The van der Waals surface area contributed by atoms with Crippen LogP contribution < -0.4 is 9.64 Å². The molecule has 0 fully saturated rings. The van der Waals surface area contributed by atoms with Gasteiger partial charge in [0, 0.05) is 36.8 Å². The summed E-state index contributed by atoms with van der Waals surface area (Å²) in [5.74, 6) is 0.899. The number of hydrogen-bond acceptors (Lipinski definition) is 2. The smallest absolute Gasteiger partial charge is 0.123 e. The van der Waals surface area contributed by atoms with Gasteiger partial charge in [-0.1, -0.05) is 48.0 Å². The van der Waals surface area contributed by atoms with Gasteiger partial charge in [-0.25, -0.2) is 0 Å². The number of benzene rings is 3.